The van der Waals surface area contributed by atoms with Crippen molar-refractivity contribution in [2.75, 3.05) is 18.4 Å². The number of likely N-dealkylation sites (tertiary alicyclic amines) is 1. The number of nitrogens with one attached hydrogen (secondary N) is 1. The van der Waals surface area contributed by atoms with Crippen LogP contribution in [0.4, 0.5) is 5.69 Å². The van der Waals surface area contributed by atoms with Gasteiger partial charge in [0.2, 0.25) is 11.8 Å². The highest BCUT2D eigenvalue weighted by Gasteiger charge is 2.34. The number of hydrogen-bond donors (Lipinski definition) is 1. The third-order valence-electron chi connectivity index (χ3n) is 5.12. The van der Waals surface area contributed by atoms with Gasteiger partial charge in [0.1, 0.15) is 0 Å². The van der Waals surface area contributed by atoms with Crippen LogP contribution in [0.2, 0.25) is 0 Å². The van der Waals surface area contributed by atoms with E-state index in [0.29, 0.717) is 6.04 Å². The summed E-state index contributed by atoms with van der Waals surface area (Å²) in [6, 6.07) is 12.2. The number of carbonyl (C=O) groups is 2. The lowest BCUT2D eigenvalue weighted by atomic mass is 9.88. The number of aromatic nitrogens is 1. The van der Waals surface area contributed by atoms with Gasteiger partial charge in [0, 0.05) is 43.6 Å². The molecule has 2 aliphatic heterocycles. The summed E-state index contributed by atoms with van der Waals surface area (Å²) in [6.07, 6.45) is 6.34. The van der Waals surface area contributed by atoms with Crippen LogP contribution in [-0.4, -0.2) is 34.4 Å². The molecule has 1 aromatic heterocycles. The molecule has 0 spiro atoms. The highest BCUT2D eigenvalue weighted by molar-refractivity contribution is 6.01. The van der Waals surface area contributed by atoms with E-state index >= 15 is 0 Å². The second-order valence-corrected chi connectivity index (χ2v) is 6.58. The Labute approximate surface area is 141 Å². The number of hydrogen-bond acceptors (Lipinski definition) is 2. The number of carbonyl (C=O) groups excluding carboxylic acids is 2. The van der Waals surface area contributed by atoms with Crippen LogP contribution in [0.1, 0.15) is 36.8 Å². The zero-order chi connectivity index (χ0) is 16.5. The molecule has 124 valence electrons. The zero-order valence-electron chi connectivity index (χ0n) is 13.5. The first-order valence-electron chi connectivity index (χ1n) is 8.52. The molecule has 24 heavy (non-hydrogen) atoms. The van der Waals surface area contributed by atoms with Gasteiger partial charge in [0.15, 0.2) is 0 Å². The quantitative estimate of drug-likeness (QED) is 0.924. The van der Waals surface area contributed by atoms with E-state index < -0.39 is 0 Å². The lowest BCUT2D eigenvalue weighted by Crippen LogP contribution is -2.43. The summed E-state index contributed by atoms with van der Waals surface area (Å²) < 4.78 is 2.23. The Hall–Kier alpha value is -2.56. The van der Waals surface area contributed by atoms with Crippen molar-refractivity contribution in [2.45, 2.75) is 31.2 Å². The molecule has 1 aromatic carbocycles. The van der Waals surface area contributed by atoms with Crippen molar-refractivity contribution in [1.29, 1.82) is 0 Å². The normalized spacial score (nSPS) is 21.2. The van der Waals surface area contributed by atoms with Gasteiger partial charge < -0.3 is 14.8 Å². The highest BCUT2D eigenvalue weighted by atomic mass is 16.2. The maximum absolute atomic E-state index is 13.0. The standard InChI is InChI=1S/C19H21N3O2/c23-18-13-16(15-5-1-2-6-17(15)20-18)19(24)22-11-7-14(8-12-22)21-9-3-4-10-21/h1-6,9-10,14,16H,7-8,11-13H2,(H,20,23)/t16-/m1/s1. The van der Waals surface area contributed by atoms with E-state index in [4.69, 9.17) is 0 Å². The fraction of sp³-hybridized carbons (Fsp3) is 0.368. The lowest BCUT2D eigenvalue weighted by molar-refractivity contribution is -0.136. The number of amides is 2. The number of rotatable bonds is 2. The Bertz CT molecular complexity index is 746. The molecule has 5 nitrogen and oxygen atoms in total. The van der Waals surface area contributed by atoms with Gasteiger partial charge in [-0.25, -0.2) is 0 Å². The minimum Gasteiger partial charge on any atom is -0.351 e. The van der Waals surface area contributed by atoms with E-state index in [1.807, 2.05) is 41.3 Å². The molecular weight excluding hydrogens is 302 g/mol. The Balaban J connectivity index is 1.48. The number of para-hydroxylation sites is 1. The van der Waals surface area contributed by atoms with Crippen molar-refractivity contribution in [3.63, 3.8) is 0 Å². The molecule has 0 bridgehead atoms. The fourth-order valence-corrected chi connectivity index (χ4v) is 3.83. The van der Waals surface area contributed by atoms with E-state index in [9.17, 15) is 9.59 Å². The smallest absolute Gasteiger partial charge is 0.230 e. The number of piperidine rings is 1. The highest BCUT2D eigenvalue weighted by Crippen LogP contribution is 2.34. The summed E-state index contributed by atoms with van der Waals surface area (Å²) in [5.74, 6) is -0.337. The minimum absolute atomic E-state index is 0.0747. The average molecular weight is 323 g/mol. The molecule has 4 rings (SSSR count). The summed E-state index contributed by atoms with van der Waals surface area (Å²) in [7, 11) is 0. The van der Waals surface area contributed by atoms with Crippen LogP contribution in [0.5, 0.6) is 0 Å². The Kier molecular flexibility index (Phi) is 3.84. The summed E-state index contributed by atoms with van der Waals surface area (Å²) in [6.45, 7) is 1.50. The molecule has 1 fully saturated rings. The van der Waals surface area contributed by atoms with Gasteiger partial charge in [-0.3, -0.25) is 9.59 Å². The maximum atomic E-state index is 13.0. The van der Waals surface area contributed by atoms with E-state index in [1.165, 1.54) is 0 Å². The van der Waals surface area contributed by atoms with Crippen LogP contribution in [0.3, 0.4) is 0 Å². The molecule has 3 heterocycles. The molecule has 2 aromatic rings. The minimum atomic E-state index is -0.349. The molecule has 0 aliphatic carbocycles. The first-order chi connectivity index (χ1) is 11.7. The zero-order valence-corrected chi connectivity index (χ0v) is 13.5. The Morgan fingerprint density at radius 2 is 1.75 bits per heavy atom. The maximum Gasteiger partial charge on any atom is 0.230 e. The number of fused-ring (bicyclic) bond motifs is 1. The third-order valence-corrected chi connectivity index (χ3v) is 5.12. The summed E-state index contributed by atoms with van der Waals surface area (Å²) >= 11 is 0. The van der Waals surface area contributed by atoms with Gasteiger partial charge in [0.25, 0.3) is 0 Å². The SMILES string of the molecule is O=C1C[C@@H](C(=O)N2CCC(n3cccc3)CC2)c2ccccc2N1. The topological polar surface area (TPSA) is 54.3 Å². The Morgan fingerprint density at radius 3 is 2.50 bits per heavy atom. The third kappa shape index (κ3) is 2.70. The number of anilines is 1. The first kappa shape index (κ1) is 15.0. The van der Waals surface area contributed by atoms with Crippen LogP contribution in [0, 0.1) is 0 Å². The monoisotopic (exact) mass is 323 g/mol. The molecular formula is C19H21N3O2. The van der Waals surface area contributed by atoms with Gasteiger partial charge in [-0.1, -0.05) is 18.2 Å². The van der Waals surface area contributed by atoms with Gasteiger partial charge in [0.05, 0.1) is 5.92 Å². The Morgan fingerprint density at radius 1 is 1.04 bits per heavy atom. The molecule has 0 unspecified atom stereocenters. The molecule has 2 aliphatic rings. The van der Waals surface area contributed by atoms with Gasteiger partial charge in [-0.15, -0.1) is 0 Å². The van der Waals surface area contributed by atoms with Crippen LogP contribution < -0.4 is 5.32 Å². The summed E-state index contributed by atoms with van der Waals surface area (Å²) in [5, 5.41) is 2.86. The predicted molar refractivity (Wildman–Crippen MR) is 91.7 cm³/mol. The summed E-state index contributed by atoms with van der Waals surface area (Å²) in [4.78, 5) is 26.9. The second-order valence-electron chi connectivity index (χ2n) is 6.58. The molecule has 0 saturated carbocycles. The van der Waals surface area contributed by atoms with Crippen molar-refractivity contribution in [1.82, 2.24) is 9.47 Å². The van der Waals surface area contributed by atoms with Crippen LogP contribution in [0.25, 0.3) is 0 Å². The van der Waals surface area contributed by atoms with Crippen molar-refractivity contribution in [3.05, 3.63) is 54.4 Å². The van der Waals surface area contributed by atoms with Crippen LogP contribution >= 0.6 is 0 Å². The molecule has 1 N–H and O–H groups in total. The number of benzene rings is 1. The molecule has 1 atom stereocenters. The van der Waals surface area contributed by atoms with Crippen LogP contribution in [-0.2, 0) is 9.59 Å². The number of nitrogens with zero attached hydrogens (tertiary/aromatic N) is 2. The summed E-state index contributed by atoms with van der Waals surface area (Å²) in [5.41, 5.74) is 1.71. The molecule has 5 heteroatoms. The predicted octanol–water partition coefficient (Wildman–Crippen LogP) is 2.78. The second kappa shape index (κ2) is 6.15. The van der Waals surface area contributed by atoms with Crippen molar-refractivity contribution < 1.29 is 9.59 Å². The van der Waals surface area contributed by atoms with E-state index in [-0.39, 0.29) is 24.2 Å². The van der Waals surface area contributed by atoms with Gasteiger partial charge in [-0.05, 0) is 36.6 Å². The lowest BCUT2D eigenvalue weighted by Gasteiger charge is -2.36. The molecule has 0 radical (unpaired) electrons. The first-order valence-corrected chi connectivity index (χ1v) is 8.52. The van der Waals surface area contributed by atoms with Crippen molar-refractivity contribution in [2.24, 2.45) is 0 Å². The molecule has 2 amide bonds. The van der Waals surface area contributed by atoms with Crippen LogP contribution in [0.15, 0.2) is 48.8 Å². The van der Waals surface area contributed by atoms with Crippen molar-refractivity contribution >= 4 is 17.5 Å². The van der Waals surface area contributed by atoms with Gasteiger partial charge >= 0.3 is 0 Å². The fourth-order valence-electron chi connectivity index (χ4n) is 3.83. The van der Waals surface area contributed by atoms with E-state index in [1.54, 1.807) is 0 Å². The van der Waals surface area contributed by atoms with E-state index in [2.05, 4.69) is 22.3 Å². The average Bonchev–Trinajstić information content (AvgIpc) is 3.15. The van der Waals surface area contributed by atoms with Gasteiger partial charge in [-0.2, -0.15) is 0 Å². The van der Waals surface area contributed by atoms with Crippen molar-refractivity contribution in [3.8, 4) is 0 Å². The largest absolute Gasteiger partial charge is 0.351 e. The van der Waals surface area contributed by atoms with E-state index in [0.717, 1.165) is 37.2 Å². The molecule has 1 saturated heterocycles.